The van der Waals surface area contributed by atoms with Gasteiger partial charge in [-0.15, -0.1) is 0 Å². The summed E-state index contributed by atoms with van der Waals surface area (Å²) in [5.74, 6) is 0. The quantitative estimate of drug-likeness (QED) is 0.641. The van der Waals surface area contributed by atoms with Gasteiger partial charge in [0.25, 0.3) is 0 Å². The second-order valence-electron chi connectivity index (χ2n) is 6.07. The van der Waals surface area contributed by atoms with Crippen LogP contribution in [0.15, 0.2) is 0 Å². The number of hydrogen-bond donors (Lipinski definition) is 3. The van der Waals surface area contributed by atoms with Gasteiger partial charge in [0.1, 0.15) is 0 Å². The van der Waals surface area contributed by atoms with Crippen molar-refractivity contribution in [3.8, 4) is 0 Å². The van der Waals surface area contributed by atoms with E-state index in [-0.39, 0.29) is 12.0 Å². The molecule has 3 heteroatoms. The van der Waals surface area contributed by atoms with Crippen molar-refractivity contribution >= 4 is 0 Å². The molecule has 102 valence electrons. The van der Waals surface area contributed by atoms with Gasteiger partial charge in [-0.25, -0.2) is 0 Å². The third-order valence-corrected chi connectivity index (χ3v) is 4.04. The molecule has 3 N–H and O–H groups in total. The van der Waals surface area contributed by atoms with E-state index in [1.165, 1.54) is 19.3 Å². The van der Waals surface area contributed by atoms with Crippen LogP contribution < -0.4 is 5.32 Å². The van der Waals surface area contributed by atoms with E-state index in [0.717, 1.165) is 32.2 Å². The van der Waals surface area contributed by atoms with Crippen LogP contribution in [0.5, 0.6) is 0 Å². The number of aliphatic hydroxyl groups is 2. The maximum atomic E-state index is 10.1. The molecular formula is C14H29NO2. The summed E-state index contributed by atoms with van der Waals surface area (Å²) < 4.78 is 0. The summed E-state index contributed by atoms with van der Waals surface area (Å²) in [5, 5.41) is 23.0. The molecule has 0 aromatic carbocycles. The lowest BCUT2D eigenvalue weighted by Crippen LogP contribution is -2.45. The van der Waals surface area contributed by atoms with Crippen molar-refractivity contribution in [2.45, 2.75) is 64.4 Å². The summed E-state index contributed by atoms with van der Waals surface area (Å²) in [6, 6.07) is 0. The third-order valence-electron chi connectivity index (χ3n) is 4.04. The fourth-order valence-corrected chi connectivity index (χ4v) is 2.92. The van der Waals surface area contributed by atoms with Crippen LogP contribution in [0.3, 0.4) is 0 Å². The largest absolute Gasteiger partial charge is 0.396 e. The van der Waals surface area contributed by atoms with Gasteiger partial charge in [0.15, 0.2) is 0 Å². The van der Waals surface area contributed by atoms with E-state index in [1.807, 2.05) is 6.92 Å². The Labute approximate surface area is 106 Å². The van der Waals surface area contributed by atoms with Crippen LogP contribution in [-0.4, -0.2) is 35.5 Å². The molecular weight excluding hydrogens is 214 g/mol. The molecule has 0 aromatic rings. The molecule has 0 bridgehead atoms. The molecule has 17 heavy (non-hydrogen) atoms. The van der Waals surface area contributed by atoms with Gasteiger partial charge in [-0.2, -0.15) is 0 Å². The van der Waals surface area contributed by atoms with E-state index >= 15 is 0 Å². The molecule has 1 aliphatic rings. The smallest absolute Gasteiger partial charge is 0.0743 e. The van der Waals surface area contributed by atoms with E-state index in [9.17, 15) is 10.2 Å². The summed E-state index contributed by atoms with van der Waals surface area (Å²) in [6.45, 7) is 5.71. The minimum atomic E-state index is -0.611. The Balaban J connectivity index is 2.32. The lowest BCUT2D eigenvalue weighted by atomic mass is 9.74. The summed E-state index contributed by atoms with van der Waals surface area (Å²) in [7, 11) is 0. The SMILES string of the molecule is CCCC(C)(O)CNCC1(CO)CCCCC1. The van der Waals surface area contributed by atoms with Gasteiger partial charge in [-0.3, -0.25) is 0 Å². The number of hydrogen-bond acceptors (Lipinski definition) is 3. The first-order valence-corrected chi connectivity index (χ1v) is 7.08. The Morgan fingerprint density at radius 1 is 1.24 bits per heavy atom. The summed E-state index contributed by atoms with van der Waals surface area (Å²) in [6.07, 6.45) is 7.82. The summed E-state index contributed by atoms with van der Waals surface area (Å²) >= 11 is 0. The van der Waals surface area contributed by atoms with Crippen LogP contribution in [0.1, 0.15) is 58.8 Å². The third kappa shape index (κ3) is 4.94. The normalized spacial score (nSPS) is 23.3. The lowest BCUT2D eigenvalue weighted by molar-refractivity contribution is 0.0362. The van der Waals surface area contributed by atoms with Gasteiger partial charge in [0.05, 0.1) is 5.60 Å². The highest BCUT2D eigenvalue weighted by Crippen LogP contribution is 2.35. The fraction of sp³-hybridized carbons (Fsp3) is 1.00. The first kappa shape index (κ1) is 14.9. The minimum Gasteiger partial charge on any atom is -0.396 e. The van der Waals surface area contributed by atoms with Gasteiger partial charge in [-0.1, -0.05) is 32.6 Å². The van der Waals surface area contributed by atoms with Crippen LogP contribution in [0.25, 0.3) is 0 Å². The standard InChI is InChI=1S/C14H29NO2/c1-3-7-13(2,17)10-15-11-14(12-16)8-5-4-6-9-14/h15-17H,3-12H2,1-2H3. The topological polar surface area (TPSA) is 52.5 Å². The van der Waals surface area contributed by atoms with E-state index in [0.29, 0.717) is 6.54 Å². The van der Waals surface area contributed by atoms with Crippen molar-refractivity contribution < 1.29 is 10.2 Å². The average Bonchev–Trinajstić information content (AvgIpc) is 2.30. The van der Waals surface area contributed by atoms with Gasteiger partial charge >= 0.3 is 0 Å². The van der Waals surface area contributed by atoms with Gasteiger partial charge < -0.3 is 15.5 Å². The highest BCUT2D eigenvalue weighted by molar-refractivity contribution is 4.86. The van der Waals surface area contributed by atoms with Crippen molar-refractivity contribution in [1.29, 1.82) is 0 Å². The van der Waals surface area contributed by atoms with Crippen molar-refractivity contribution in [3.05, 3.63) is 0 Å². The molecule has 0 spiro atoms. The van der Waals surface area contributed by atoms with Crippen molar-refractivity contribution in [1.82, 2.24) is 5.32 Å². The molecule has 1 fully saturated rings. The zero-order chi connectivity index (χ0) is 12.8. The van der Waals surface area contributed by atoms with Gasteiger partial charge in [-0.05, 0) is 26.2 Å². The predicted octanol–water partition coefficient (Wildman–Crippen LogP) is 2.07. The van der Waals surface area contributed by atoms with Crippen LogP contribution in [0.2, 0.25) is 0 Å². The monoisotopic (exact) mass is 243 g/mol. The van der Waals surface area contributed by atoms with E-state index in [1.54, 1.807) is 0 Å². The van der Waals surface area contributed by atoms with E-state index < -0.39 is 5.60 Å². The molecule has 0 radical (unpaired) electrons. The summed E-state index contributed by atoms with van der Waals surface area (Å²) in [4.78, 5) is 0. The summed E-state index contributed by atoms with van der Waals surface area (Å²) in [5.41, 5.74) is -0.541. The molecule has 0 amide bonds. The predicted molar refractivity (Wildman–Crippen MR) is 71.0 cm³/mol. The zero-order valence-corrected chi connectivity index (χ0v) is 11.5. The second-order valence-corrected chi connectivity index (χ2v) is 6.07. The Morgan fingerprint density at radius 3 is 2.41 bits per heavy atom. The van der Waals surface area contributed by atoms with Crippen LogP contribution >= 0.6 is 0 Å². The second kappa shape index (κ2) is 6.72. The Hall–Kier alpha value is -0.120. The van der Waals surface area contributed by atoms with Crippen molar-refractivity contribution in [3.63, 3.8) is 0 Å². The fourth-order valence-electron chi connectivity index (χ4n) is 2.92. The number of nitrogens with one attached hydrogen (secondary N) is 1. The number of rotatable bonds is 7. The Kier molecular flexibility index (Phi) is 5.90. The lowest BCUT2D eigenvalue weighted by Gasteiger charge is -2.36. The molecule has 1 saturated carbocycles. The van der Waals surface area contributed by atoms with Crippen LogP contribution in [0.4, 0.5) is 0 Å². The average molecular weight is 243 g/mol. The van der Waals surface area contributed by atoms with E-state index in [4.69, 9.17) is 0 Å². The highest BCUT2D eigenvalue weighted by atomic mass is 16.3. The molecule has 3 nitrogen and oxygen atoms in total. The molecule has 1 aliphatic carbocycles. The Morgan fingerprint density at radius 2 is 1.88 bits per heavy atom. The molecule has 1 atom stereocenters. The zero-order valence-electron chi connectivity index (χ0n) is 11.5. The van der Waals surface area contributed by atoms with Crippen molar-refractivity contribution in [2.24, 2.45) is 5.41 Å². The van der Waals surface area contributed by atoms with E-state index in [2.05, 4.69) is 12.2 Å². The maximum absolute atomic E-state index is 10.1. The van der Waals surface area contributed by atoms with Crippen LogP contribution in [0, 0.1) is 5.41 Å². The molecule has 0 heterocycles. The molecule has 0 saturated heterocycles. The number of aliphatic hydroxyl groups excluding tert-OH is 1. The highest BCUT2D eigenvalue weighted by Gasteiger charge is 2.31. The Bertz CT molecular complexity index is 210. The van der Waals surface area contributed by atoms with Crippen molar-refractivity contribution in [2.75, 3.05) is 19.7 Å². The molecule has 0 aromatic heterocycles. The minimum absolute atomic E-state index is 0.0700. The molecule has 0 aliphatic heterocycles. The molecule has 1 unspecified atom stereocenters. The maximum Gasteiger partial charge on any atom is 0.0743 e. The van der Waals surface area contributed by atoms with Crippen LogP contribution in [-0.2, 0) is 0 Å². The first-order chi connectivity index (χ1) is 8.04. The van der Waals surface area contributed by atoms with Gasteiger partial charge in [0, 0.05) is 25.1 Å². The first-order valence-electron chi connectivity index (χ1n) is 7.08. The van der Waals surface area contributed by atoms with Gasteiger partial charge in [0.2, 0.25) is 0 Å². The molecule has 1 rings (SSSR count).